The number of anilines is 1. The first kappa shape index (κ1) is 19.0. The Bertz CT molecular complexity index is 1260. The first-order valence-electron chi connectivity index (χ1n) is 9.59. The molecule has 0 aliphatic carbocycles. The zero-order valence-electron chi connectivity index (χ0n) is 16.2. The molecule has 5 aromatic rings. The van der Waals surface area contributed by atoms with Crippen molar-refractivity contribution < 1.29 is 9.21 Å². The molecule has 0 aliphatic rings. The van der Waals surface area contributed by atoms with Crippen molar-refractivity contribution in [2.24, 2.45) is 0 Å². The van der Waals surface area contributed by atoms with Crippen molar-refractivity contribution in [1.82, 2.24) is 15.0 Å². The second-order valence-corrected chi connectivity index (χ2v) is 7.58. The van der Waals surface area contributed by atoms with Crippen LogP contribution < -0.4 is 5.32 Å². The van der Waals surface area contributed by atoms with Gasteiger partial charge in [0.1, 0.15) is 5.52 Å². The van der Waals surface area contributed by atoms with E-state index in [-0.39, 0.29) is 16.4 Å². The number of amides is 1. The molecule has 7 heteroatoms. The summed E-state index contributed by atoms with van der Waals surface area (Å²) < 4.78 is 5.61. The zero-order chi connectivity index (χ0) is 21.0. The topological polar surface area (TPSA) is 80.9 Å². The third-order valence-electron chi connectivity index (χ3n) is 4.53. The number of nitrogens with zero attached hydrogens (tertiary/aromatic N) is 3. The lowest BCUT2D eigenvalue weighted by Gasteiger charge is -2.09. The predicted molar refractivity (Wildman–Crippen MR) is 122 cm³/mol. The standard InChI is InChI=1S/C24H16N4O2S/c29-23(31-24-27-18-13-7-8-14-21(18)30-24)28-22-25-19(16-9-3-1-4-10-16)15-20(26-22)17-11-5-2-6-12-17/h1-15H,(H,25,26,28,29). The van der Waals surface area contributed by atoms with Gasteiger partial charge in [0.25, 0.3) is 10.5 Å². The fourth-order valence-corrected chi connectivity index (χ4v) is 3.68. The third-order valence-corrected chi connectivity index (χ3v) is 5.17. The Morgan fingerprint density at radius 2 is 1.32 bits per heavy atom. The van der Waals surface area contributed by atoms with E-state index in [1.54, 1.807) is 0 Å². The SMILES string of the molecule is O=C(Nc1nc(-c2ccccc2)cc(-c2ccccc2)n1)Sc1nc2ccccc2o1. The Kier molecular flexibility index (Phi) is 5.16. The second-order valence-electron chi connectivity index (χ2n) is 6.66. The van der Waals surface area contributed by atoms with Gasteiger partial charge >= 0.3 is 0 Å². The number of benzene rings is 3. The van der Waals surface area contributed by atoms with Crippen LogP contribution in [0.3, 0.4) is 0 Å². The molecule has 150 valence electrons. The van der Waals surface area contributed by atoms with E-state index in [9.17, 15) is 4.79 Å². The molecule has 2 heterocycles. The van der Waals surface area contributed by atoms with Crippen LogP contribution in [0, 0.1) is 0 Å². The number of aromatic nitrogens is 3. The van der Waals surface area contributed by atoms with E-state index in [1.807, 2.05) is 91.0 Å². The molecule has 0 saturated heterocycles. The fourth-order valence-electron chi connectivity index (χ4n) is 3.11. The minimum absolute atomic E-state index is 0.216. The number of nitrogens with one attached hydrogen (secondary N) is 1. The third kappa shape index (κ3) is 4.31. The highest BCUT2D eigenvalue weighted by Crippen LogP contribution is 2.27. The van der Waals surface area contributed by atoms with Gasteiger partial charge < -0.3 is 4.42 Å². The Morgan fingerprint density at radius 3 is 1.94 bits per heavy atom. The van der Waals surface area contributed by atoms with Crippen LogP contribution in [0.1, 0.15) is 0 Å². The average Bonchev–Trinajstić information content (AvgIpc) is 3.22. The lowest BCUT2D eigenvalue weighted by Crippen LogP contribution is -2.09. The van der Waals surface area contributed by atoms with Crippen LogP contribution in [0.5, 0.6) is 0 Å². The lowest BCUT2D eigenvalue weighted by atomic mass is 10.1. The van der Waals surface area contributed by atoms with Gasteiger partial charge in [0.2, 0.25) is 5.95 Å². The molecular weight excluding hydrogens is 408 g/mol. The molecule has 0 saturated carbocycles. The summed E-state index contributed by atoms with van der Waals surface area (Å²) in [4.78, 5) is 26.0. The van der Waals surface area contributed by atoms with E-state index in [2.05, 4.69) is 20.3 Å². The molecule has 1 N–H and O–H groups in total. The normalized spacial score (nSPS) is 10.8. The van der Waals surface area contributed by atoms with Gasteiger partial charge in [0.05, 0.1) is 11.4 Å². The van der Waals surface area contributed by atoms with Crippen LogP contribution in [0.2, 0.25) is 0 Å². The molecule has 0 fully saturated rings. The van der Waals surface area contributed by atoms with Crippen molar-refractivity contribution in [3.63, 3.8) is 0 Å². The molecule has 2 aromatic heterocycles. The Labute approximate surface area is 182 Å². The van der Waals surface area contributed by atoms with Gasteiger partial charge in [0, 0.05) is 22.9 Å². The summed E-state index contributed by atoms with van der Waals surface area (Å²) in [5.41, 5.74) is 4.64. The number of hydrogen-bond acceptors (Lipinski definition) is 6. The summed E-state index contributed by atoms with van der Waals surface area (Å²) in [6, 6.07) is 28.8. The number of carbonyl (C=O) groups excluding carboxylic acids is 1. The van der Waals surface area contributed by atoms with Crippen LogP contribution in [-0.2, 0) is 0 Å². The van der Waals surface area contributed by atoms with E-state index in [1.165, 1.54) is 0 Å². The highest BCUT2D eigenvalue weighted by Gasteiger charge is 2.15. The van der Waals surface area contributed by atoms with Crippen molar-refractivity contribution >= 4 is 34.0 Å². The summed E-state index contributed by atoms with van der Waals surface area (Å²) in [6.07, 6.45) is 0. The van der Waals surface area contributed by atoms with Crippen LogP contribution in [0.25, 0.3) is 33.6 Å². The molecular formula is C24H16N4O2S. The first-order valence-corrected chi connectivity index (χ1v) is 10.4. The number of para-hydroxylation sites is 2. The summed E-state index contributed by atoms with van der Waals surface area (Å²) in [5, 5.41) is 2.64. The van der Waals surface area contributed by atoms with Gasteiger partial charge in [-0.3, -0.25) is 10.1 Å². The number of hydrogen-bond donors (Lipinski definition) is 1. The van der Waals surface area contributed by atoms with E-state index in [0.29, 0.717) is 11.1 Å². The summed E-state index contributed by atoms with van der Waals surface area (Å²) in [6.45, 7) is 0. The van der Waals surface area contributed by atoms with Crippen molar-refractivity contribution in [2.75, 3.05) is 5.32 Å². The molecule has 0 unspecified atom stereocenters. The highest BCUT2D eigenvalue weighted by atomic mass is 32.2. The smallest absolute Gasteiger partial charge is 0.295 e. The molecule has 31 heavy (non-hydrogen) atoms. The molecule has 0 radical (unpaired) electrons. The molecule has 3 aromatic carbocycles. The van der Waals surface area contributed by atoms with E-state index in [0.717, 1.165) is 34.3 Å². The minimum atomic E-state index is -0.379. The van der Waals surface area contributed by atoms with Crippen LogP contribution in [0.4, 0.5) is 10.7 Å². The molecule has 0 spiro atoms. The average molecular weight is 424 g/mol. The molecule has 0 bridgehead atoms. The van der Waals surface area contributed by atoms with Crippen molar-refractivity contribution in [1.29, 1.82) is 0 Å². The minimum Gasteiger partial charge on any atom is -0.431 e. The van der Waals surface area contributed by atoms with Crippen molar-refractivity contribution in [2.45, 2.75) is 5.22 Å². The van der Waals surface area contributed by atoms with Crippen molar-refractivity contribution in [3.05, 3.63) is 91.0 Å². The maximum absolute atomic E-state index is 12.6. The van der Waals surface area contributed by atoms with Gasteiger partial charge in [-0.15, -0.1) is 0 Å². The maximum Gasteiger partial charge on any atom is 0.295 e. The van der Waals surface area contributed by atoms with Crippen LogP contribution in [-0.4, -0.2) is 20.2 Å². The number of oxazole rings is 1. The fraction of sp³-hybridized carbons (Fsp3) is 0. The Balaban J connectivity index is 1.45. The van der Waals surface area contributed by atoms with Crippen LogP contribution >= 0.6 is 11.8 Å². The van der Waals surface area contributed by atoms with Crippen molar-refractivity contribution in [3.8, 4) is 22.5 Å². The number of thioether (sulfide) groups is 1. The van der Waals surface area contributed by atoms with Gasteiger partial charge in [-0.25, -0.2) is 15.0 Å². The number of carbonyl (C=O) groups is 1. The quantitative estimate of drug-likeness (QED) is 0.342. The Morgan fingerprint density at radius 1 is 0.742 bits per heavy atom. The second kappa shape index (κ2) is 8.41. The number of rotatable bonds is 4. The largest absolute Gasteiger partial charge is 0.431 e. The van der Waals surface area contributed by atoms with E-state index < -0.39 is 0 Å². The molecule has 0 atom stereocenters. The monoisotopic (exact) mass is 424 g/mol. The van der Waals surface area contributed by atoms with Gasteiger partial charge in [0.15, 0.2) is 5.58 Å². The highest BCUT2D eigenvalue weighted by molar-refractivity contribution is 8.13. The zero-order valence-corrected chi connectivity index (χ0v) is 17.0. The summed E-state index contributed by atoms with van der Waals surface area (Å²) in [5.74, 6) is 0.216. The predicted octanol–water partition coefficient (Wildman–Crippen LogP) is 6.28. The van der Waals surface area contributed by atoms with Gasteiger partial charge in [-0.05, 0) is 18.2 Å². The van der Waals surface area contributed by atoms with Gasteiger partial charge in [-0.2, -0.15) is 0 Å². The molecule has 1 amide bonds. The van der Waals surface area contributed by atoms with Gasteiger partial charge in [-0.1, -0.05) is 72.8 Å². The first-order chi connectivity index (χ1) is 15.2. The lowest BCUT2D eigenvalue weighted by molar-refractivity contribution is 0.269. The number of fused-ring (bicyclic) bond motifs is 1. The van der Waals surface area contributed by atoms with E-state index >= 15 is 0 Å². The summed E-state index contributed by atoms with van der Waals surface area (Å²) in [7, 11) is 0. The molecule has 0 aliphatic heterocycles. The summed E-state index contributed by atoms with van der Waals surface area (Å²) >= 11 is 0.860. The maximum atomic E-state index is 12.6. The van der Waals surface area contributed by atoms with Crippen LogP contribution in [0.15, 0.2) is 101 Å². The molecule has 5 rings (SSSR count). The van der Waals surface area contributed by atoms with E-state index in [4.69, 9.17) is 4.42 Å². The molecule has 6 nitrogen and oxygen atoms in total. The Hall–Kier alpha value is -3.97.